The van der Waals surface area contributed by atoms with E-state index in [1.807, 2.05) is 0 Å². The van der Waals surface area contributed by atoms with Crippen molar-refractivity contribution in [3.63, 3.8) is 0 Å². The highest BCUT2D eigenvalue weighted by Gasteiger charge is 2.30. The molecule has 0 atom stereocenters. The normalized spacial score (nSPS) is 17.7. The molecule has 7 heteroatoms. The summed E-state index contributed by atoms with van der Waals surface area (Å²) in [6, 6.07) is 7.03. The van der Waals surface area contributed by atoms with Gasteiger partial charge >= 0.3 is 5.97 Å². The van der Waals surface area contributed by atoms with Gasteiger partial charge in [0.05, 0.1) is 13.0 Å². The molecule has 1 fully saturated rings. The van der Waals surface area contributed by atoms with Crippen LogP contribution in [0, 0.1) is 5.92 Å². The molecule has 1 heterocycles. The Labute approximate surface area is 135 Å². The number of piperidine rings is 1. The van der Waals surface area contributed by atoms with E-state index in [1.165, 1.54) is 17.5 Å². The van der Waals surface area contributed by atoms with Crippen molar-refractivity contribution in [1.29, 1.82) is 0 Å². The van der Waals surface area contributed by atoms with Crippen LogP contribution in [0.5, 0.6) is 0 Å². The molecule has 0 unspecified atom stereocenters. The van der Waals surface area contributed by atoms with E-state index in [9.17, 15) is 13.2 Å². The van der Waals surface area contributed by atoms with Crippen LogP contribution in [-0.2, 0) is 19.6 Å². The topological polar surface area (TPSA) is 63.7 Å². The van der Waals surface area contributed by atoms with Gasteiger partial charge in [-0.3, -0.25) is 4.79 Å². The molecule has 0 radical (unpaired) electrons. The van der Waals surface area contributed by atoms with Crippen LogP contribution in [0.25, 0.3) is 6.08 Å². The van der Waals surface area contributed by atoms with Crippen LogP contribution < -0.4 is 0 Å². The van der Waals surface area contributed by atoms with E-state index in [0.29, 0.717) is 36.5 Å². The first-order valence-corrected chi connectivity index (χ1v) is 8.83. The number of esters is 1. The lowest BCUT2D eigenvalue weighted by molar-refractivity contribution is -0.146. The number of ether oxygens (including phenoxy) is 1. The fraction of sp³-hybridized carbons (Fsp3) is 0.400. The first-order chi connectivity index (χ1) is 10.4. The van der Waals surface area contributed by atoms with E-state index in [0.717, 1.165) is 5.41 Å². The second kappa shape index (κ2) is 7.26. The molecule has 0 saturated carbocycles. The molecule has 1 aromatic rings. The molecular formula is C15H18ClNO4S. The number of halogens is 1. The van der Waals surface area contributed by atoms with Crippen molar-refractivity contribution >= 4 is 33.7 Å². The molecule has 0 bridgehead atoms. The third kappa shape index (κ3) is 4.09. The minimum absolute atomic E-state index is 0.219. The molecule has 0 spiro atoms. The standard InChI is InChI=1S/C15H18ClNO4S/c1-21-15(18)13-6-9-17(10-7-13)22(19,20)11-8-12-4-2-3-5-14(12)16/h2-5,8,11,13H,6-7,9-10H2,1H3/b11-8+. The maximum atomic E-state index is 12.3. The van der Waals surface area contributed by atoms with Gasteiger partial charge in [-0.2, -0.15) is 4.31 Å². The lowest BCUT2D eigenvalue weighted by atomic mass is 9.99. The second-order valence-corrected chi connectivity index (χ2v) is 7.29. The monoisotopic (exact) mass is 343 g/mol. The first kappa shape index (κ1) is 17.0. The van der Waals surface area contributed by atoms with Crippen LogP contribution in [0.4, 0.5) is 0 Å². The molecule has 1 aromatic carbocycles. The molecule has 2 rings (SSSR count). The highest BCUT2D eigenvalue weighted by atomic mass is 35.5. The number of hydrogen-bond acceptors (Lipinski definition) is 4. The van der Waals surface area contributed by atoms with Crippen LogP contribution in [0.1, 0.15) is 18.4 Å². The fourth-order valence-electron chi connectivity index (χ4n) is 2.37. The van der Waals surface area contributed by atoms with Gasteiger partial charge in [0.1, 0.15) is 0 Å². The van der Waals surface area contributed by atoms with Gasteiger partial charge in [0.2, 0.25) is 10.0 Å². The molecule has 22 heavy (non-hydrogen) atoms. The highest BCUT2D eigenvalue weighted by Crippen LogP contribution is 2.22. The van der Waals surface area contributed by atoms with Gasteiger partial charge in [-0.15, -0.1) is 0 Å². The van der Waals surface area contributed by atoms with Gasteiger partial charge in [0.25, 0.3) is 0 Å². The van der Waals surface area contributed by atoms with Gasteiger partial charge in [-0.05, 0) is 30.5 Å². The van der Waals surface area contributed by atoms with E-state index in [2.05, 4.69) is 0 Å². The van der Waals surface area contributed by atoms with Gasteiger partial charge in [0.15, 0.2) is 0 Å². The zero-order valence-corrected chi connectivity index (χ0v) is 13.8. The lowest BCUT2D eigenvalue weighted by Crippen LogP contribution is -2.39. The summed E-state index contributed by atoms with van der Waals surface area (Å²) in [4.78, 5) is 11.5. The van der Waals surface area contributed by atoms with E-state index in [1.54, 1.807) is 24.3 Å². The summed E-state index contributed by atoms with van der Waals surface area (Å²) in [6.45, 7) is 0.629. The molecule has 5 nitrogen and oxygen atoms in total. The second-order valence-electron chi connectivity index (χ2n) is 5.07. The summed E-state index contributed by atoms with van der Waals surface area (Å²) in [7, 11) is -2.17. The van der Waals surface area contributed by atoms with E-state index in [-0.39, 0.29) is 11.9 Å². The predicted molar refractivity (Wildman–Crippen MR) is 85.7 cm³/mol. The van der Waals surface area contributed by atoms with Crippen molar-refractivity contribution in [2.24, 2.45) is 5.92 Å². The minimum Gasteiger partial charge on any atom is -0.469 e. The number of benzene rings is 1. The van der Waals surface area contributed by atoms with Gasteiger partial charge in [-0.1, -0.05) is 29.8 Å². The summed E-state index contributed by atoms with van der Waals surface area (Å²) in [6.07, 6.45) is 2.45. The Hall–Kier alpha value is -1.37. The minimum atomic E-state index is -3.51. The molecule has 1 aliphatic rings. The molecule has 0 aromatic heterocycles. The van der Waals surface area contributed by atoms with Crippen LogP contribution in [-0.4, -0.2) is 38.9 Å². The smallest absolute Gasteiger partial charge is 0.308 e. The largest absolute Gasteiger partial charge is 0.469 e. The average molecular weight is 344 g/mol. The maximum absolute atomic E-state index is 12.3. The SMILES string of the molecule is COC(=O)C1CCN(S(=O)(=O)/C=C/c2ccccc2Cl)CC1. The molecule has 1 saturated heterocycles. The van der Waals surface area contributed by atoms with Crippen molar-refractivity contribution < 1.29 is 17.9 Å². The fourth-order valence-corrected chi connectivity index (χ4v) is 3.78. The maximum Gasteiger partial charge on any atom is 0.308 e. The van der Waals surface area contributed by atoms with Gasteiger partial charge in [0, 0.05) is 23.5 Å². The molecule has 0 amide bonds. The number of sulfonamides is 1. The Balaban J connectivity index is 2.03. The van der Waals surface area contributed by atoms with Crippen molar-refractivity contribution in [2.75, 3.05) is 20.2 Å². The summed E-state index contributed by atoms with van der Waals surface area (Å²) in [5, 5.41) is 1.66. The first-order valence-electron chi connectivity index (χ1n) is 6.94. The lowest BCUT2D eigenvalue weighted by Gasteiger charge is -2.28. The van der Waals surface area contributed by atoms with E-state index >= 15 is 0 Å². The Morgan fingerprint density at radius 3 is 2.55 bits per heavy atom. The molecule has 0 aliphatic carbocycles. The Morgan fingerprint density at radius 2 is 1.95 bits per heavy atom. The number of rotatable bonds is 4. The Morgan fingerprint density at radius 1 is 1.32 bits per heavy atom. The zero-order valence-electron chi connectivity index (χ0n) is 12.2. The third-order valence-electron chi connectivity index (χ3n) is 3.67. The summed E-state index contributed by atoms with van der Waals surface area (Å²) in [5.74, 6) is -0.493. The molecular weight excluding hydrogens is 326 g/mol. The van der Waals surface area contributed by atoms with Crippen LogP contribution in [0.2, 0.25) is 5.02 Å². The van der Waals surface area contributed by atoms with Crippen molar-refractivity contribution in [3.8, 4) is 0 Å². The quantitative estimate of drug-likeness (QED) is 0.788. The van der Waals surface area contributed by atoms with E-state index in [4.69, 9.17) is 16.3 Å². The van der Waals surface area contributed by atoms with Crippen LogP contribution in [0.3, 0.4) is 0 Å². The van der Waals surface area contributed by atoms with Crippen molar-refractivity contribution in [2.45, 2.75) is 12.8 Å². The summed E-state index contributed by atoms with van der Waals surface area (Å²) >= 11 is 6.00. The number of carbonyl (C=O) groups excluding carboxylic acids is 1. The molecule has 1 aliphatic heterocycles. The van der Waals surface area contributed by atoms with E-state index < -0.39 is 10.0 Å². The Bertz CT molecular complexity index is 664. The average Bonchev–Trinajstić information content (AvgIpc) is 2.53. The van der Waals surface area contributed by atoms with Crippen molar-refractivity contribution in [1.82, 2.24) is 4.31 Å². The molecule has 120 valence electrons. The van der Waals surface area contributed by atoms with Crippen molar-refractivity contribution in [3.05, 3.63) is 40.3 Å². The number of carbonyl (C=O) groups is 1. The highest BCUT2D eigenvalue weighted by molar-refractivity contribution is 7.92. The summed E-state index contributed by atoms with van der Waals surface area (Å²) in [5.41, 5.74) is 0.650. The van der Waals surface area contributed by atoms with Crippen LogP contribution >= 0.6 is 11.6 Å². The predicted octanol–water partition coefficient (Wildman–Crippen LogP) is 2.53. The van der Waals surface area contributed by atoms with Gasteiger partial charge < -0.3 is 4.74 Å². The Kier molecular flexibility index (Phi) is 5.61. The number of nitrogens with zero attached hydrogens (tertiary/aromatic N) is 1. The molecule has 0 N–H and O–H groups in total. The number of methoxy groups -OCH3 is 1. The summed E-state index contributed by atoms with van der Waals surface area (Å²) < 4.78 is 30.7. The van der Waals surface area contributed by atoms with Gasteiger partial charge in [-0.25, -0.2) is 8.42 Å². The van der Waals surface area contributed by atoms with Crippen LogP contribution in [0.15, 0.2) is 29.7 Å². The third-order valence-corrected chi connectivity index (χ3v) is 5.58. The number of hydrogen-bond donors (Lipinski definition) is 0. The zero-order chi connectivity index (χ0) is 16.2.